The molecule has 0 radical (unpaired) electrons. The molecule has 32 heavy (non-hydrogen) atoms. The van der Waals surface area contributed by atoms with Gasteiger partial charge in [-0.2, -0.15) is 0 Å². The molecule has 1 aliphatic rings. The molecule has 0 spiro atoms. The molecular formula is C24H28N2O5S. The van der Waals surface area contributed by atoms with Crippen LogP contribution in [-0.4, -0.2) is 38.0 Å². The van der Waals surface area contributed by atoms with E-state index in [1.54, 1.807) is 14.0 Å². The van der Waals surface area contributed by atoms with Crippen molar-refractivity contribution in [2.45, 2.75) is 26.5 Å². The van der Waals surface area contributed by atoms with Crippen LogP contribution in [0.2, 0.25) is 0 Å². The lowest BCUT2D eigenvalue weighted by Crippen LogP contribution is -2.45. The van der Waals surface area contributed by atoms with E-state index in [0.717, 1.165) is 11.1 Å². The Labute approximate surface area is 193 Å². The van der Waals surface area contributed by atoms with E-state index in [1.807, 2.05) is 55.5 Å². The number of thiocarbonyl (C=S) groups is 1. The fourth-order valence-corrected chi connectivity index (χ4v) is 3.61. The van der Waals surface area contributed by atoms with Crippen LogP contribution in [0.3, 0.4) is 0 Å². The summed E-state index contributed by atoms with van der Waals surface area (Å²) in [5, 5.41) is 6.60. The lowest BCUT2D eigenvalue weighted by molar-refractivity contribution is -0.140. The van der Waals surface area contributed by atoms with Gasteiger partial charge in [-0.1, -0.05) is 36.4 Å². The number of carbonyl (C=O) groups excluding carboxylic acids is 1. The van der Waals surface area contributed by atoms with E-state index in [4.69, 9.17) is 31.2 Å². The molecule has 1 atom stereocenters. The molecule has 0 unspecified atom stereocenters. The summed E-state index contributed by atoms with van der Waals surface area (Å²) in [4.78, 5) is 12.8. The molecule has 1 aliphatic heterocycles. The molecular weight excluding hydrogens is 428 g/mol. The van der Waals surface area contributed by atoms with Crippen LogP contribution in [0, 0.1) is 0 Å². The van der Waals surface area contributed by atoms with E-state index in [2.05, 4.69) is 10.6 Å². The van der Waals surface area contributed by atoms with Gasteiger partial charge in [0.2, 0.25) is 0 Å². The summed E-state index contributed by atoms with van der Waals surface area (Å²) in [7, 11) is 1.56. The van der Waals surface area contributed by atoms with E-state index in [0.29, 0.717) is 47.7 Å². The Balaban J connectivity index is 1.86. The normalized spacial score (nSPS) is 15.6. The van der Waals surface area contributed by atoms with E-state index >= 15 is 0 Å². The zero-order valence-electron chi connectivity index (χ0n) is 18.5. The van der Waals surface area contributed by atoms with Gasteiger partial charge in [0.05, 0.1) is 24.8 Å². The van der Waals surface area contributed by atoms with Gasteiger partial charge in [-0.3, -0.25) is 0 Å². The van der Waals surface area contributed by atoms with Crippen molar-refractivity contribution in [2.75, 3.05) is 26.9 Å². The van der Waals surface area contributed by atoms with Crippen molar-refractivity contribution in [1.29, 1.82) is 0 Å². The smallest absolute Gasteiger partial charge is 0.338 e. The summed E-state index contributed by atoms with van der Waals surface area (Å²) in [6, 6.07) is 15.0. The van der Waals surface area contributed by atoms with Crippen LogP contribution in [0.5, 0.6) is 11.5 Å². The van der Waals surface area contributed by atoms with Crippen molar-refractivity contribution in [1.82, 2.24) is 10.6 Å². The van der Waals surface area contributed by atoms with E-state index in [9.17, 15) is 4.79 Å². The lowest BCUT2D eigenvalue weighted by atomic mass is 9.95. The second kappa shape index (κ2) is 11.5. The third-order valence-corrected chi connectivity index (χ3v) is 5.07. The number of methoxy groups -OCH3 is 1. The summed E-state index contributed by atoms with van der Waals surface area (Å²) < 4.78 is 22.2. The Hall–Kier alpha value is -3.10. The van der Waals surface area contributed by atoms with Gasteiger partial charge in [0.1, 0.15) is 13.2 Å². The van der Waals surface area contributed by atoms with Gasteiger partial charge in [-0.15, -0.1) is 0 Å². The summed E-state index contributed by atoms with van der Waals surface area (Å²) >= 11 is 5.33. The van der Waals surface area contributed by atoms with Crippen molar-refractivity contribution in [3.05, 3.63) is 70.9 Å². The monoisotopic (exact) mass is 456 g/mol. The van der Waals surface area contributed by atoms with Gasteiger partial charge in [0, 0.05) is 12.8 Å². The zero-order valence-corrected chi connectivity index (χ0v) is 19.3. The number of carbonyl (C=O) groups is 1. The average molecular weight is 457 g/mol. The number of hydrogen-bond donors (Lipinski definition) is 2. The maximum absolute atomic E-state index is 12.8. The molecule has 1 heterocycles. The Kier molecular flexibility index (Phi) is 8.47. The molecule has 170 valence electrons. The Morgan fingerprint density at radius 3 is 2.56 bits per heavy atom. The molecule has 0 aliphatic carbocycles. The number of ether oxygens (including phenoxy) is 4. The molecule has 0 amide bonds. The van der Waals surface area contributed by atoms with Crippen LogP contribution in [-0.2, 0) is 20.9 Å². The van der Waals surface area contributed by atoms with Gasteiger partial charge < -0.3 is 29.6 Å². The molecule has 3 rings (SSSR count). The SMILES string of the molecule is CCOc1cc([C@H]2NC(=S)NC(C)=C2C(=O)OCCOC)ccc1OCc1ccccc1. The van der Waals surface area contributed by atoms with Crippen LogP contribution in [0.1, 0.15) is 31.0 Å². The number of allylic oxidation sites excluding steroid dienone is 1. The van der Waals surface area contributed by atoms with E-state index in [1.165, 1.54) is 0 Å². The van der Waals surface area contributed by atoms with Crippen LogP contribution < -0.4 is 20.1 Å². The van der Waals surface area contributed by atoms with Crippen LogP contribution >= 0.6 is 12.2 Å². The van der Waals surface area contributed by atoms with Gasteiger partial charge in [0.15, 0.2) is 16.6 Å². The predicted molar refractivity (Wildman–Crippen MR) is 126 cm³/mol. The summed E-state index contributed by atoms with van der Waals surface area (Å²) in [5.41, 5.74) is 2.96. The third kappa shape index (κ3) is 5.99. The van der Waals surface area contributed by atoms with E-state index < -0.39 is 12.0 Å². The standard InChI is InChI=1S/C24H28N2O5S/c1-4-29-20-14-18(10-11-19(20)31-15-17-8-6-5-7-9-17)22-21(16(2)25-24(32)26-22)23(27)30-13-12-28-3/h5-11,14,22H,4,12-13,15H2,1-3H3,(H2,25,26,32)/t22-/m1/s1. The third-order valence-electron chi connectivity index (χ3n) is 4.85. The number of benzene rings is 2. The van der Waals surface area contributed by atoms with Crippen molar-refractivity contribution in [2.24, 2.45) is 0 Å². The first-order valence-corrected chi connectivity index (χ1v) is 10.8. The average Bonchev–Trinajstić information content (AvgIpc) is 2.78. The highest BCUT2D eigenvalue weighted by molar-refractivity contribution is 7.80. The fraction of sp³-hybridized carbons (Fsp3) is 0.333. The number of hydrogen-bond acceptors (Lipinski definition) is 6. The van der Waals surface area contributed by atoms with Crippen molar-refractivity contribution < 1.29 is 23.7 Å². The molecule has 0 aromatic heterocycles. The number of esters is 1. The fourth-order valence-electron chi connectivity index (χ4n) is 3.34. The highest BCUT2D eigenvalue weighted by atomic mass is 32.1. The molecule has 2 aromatic rings. The Morgan fingerprint density at radius 1 is 1.06 bits per heavy atom. The molecule has 0 saturated heterocycles. The summed E-state index contributed by atoms with van der Waals surface area (Å²) in [5.74, 6) is 0.784. The second-order valence-corrected chi connectivity index (χ2v) is 7.52. The van der Waals surface area contributed by atoms with Crippen LogP contribution in [0.25, 0.3) is 0 Å². The van der Waals surface area contributed by atoms with Crippen molar-refractivity contribution in [3.63, 3.8) is 0 Å². The Morgan fingerprint density at radius 2 is 1.84 bits per heavy atom. The molecule has 0 bridgehead atoms. The molecule has 7 nitrogen and oxygen atoms in total. The molecule has 8 heteroatoms. The lowest BCUT2D eigenvalue weighted by Gasteiger charge is -2.30. The highest BCUT2D eigenvalue weighted by Gasteiger charge is 2.31. The molecule has 0 saturated carbocycles. The minimum Gasteiger partial charge on any atom is -0.490 e. The second-order valence-electron chi connectivity index (χ2n) is 7.11. The molecule has 2 aromatic carbocycles. The van der Waals surface area contributed by atoms with E-state index in [-0.39, 0.29) is 6.61 Å². The van der Waals surface area contributed by atoms with Gasteiger partial charge in [-0.25, -0.2) is 4.79 Å². The number of rotatable bonds is 10. The topological polar surface area (TPSA) is 78.1 Å². The number of nitrogens with one attached hydrogen (secondary N) is 2. The maximum Gasteiger partial charge on any atom is 0.338 e. The van der Waals surface area contributed by atoms with Crippen LogP contribution in [0.15, 0.2) is 59.8 Å². The van der Waals surface area contributed by atoms with Gasteiger partial charge in [-0.05, 0) is 49.3 Å². The van der Waals surface area contributed by atoms with Crippen molar-refractivity contribution >= 4 is 23.3 Å². The first-order valence-electron chi connectivity index (χ1n) is 10.4. The quantitative estimate of drug-likeness (QED) is 0.319. The first kappa shape index (κ1) is 23.6. The Bertz CT molecular complexity index is 978. The summed E-state index contributed by atoms with van der Waals surface area (Å²) in [6.07, 6.45) is 0. The predicted octanol–water partition coefficient (Wildman–Crippen LogP) is 3.65. The first-order chi connectivity index (χ1) is 15.5. The highest BCUT2D eigenvalue weighted by Crippen LogP contribution is 2.35. The largest absolute Gasteiger partial charge is 0.490 e. The summed E-state index contributed by atoms with van der Waals surface area (Å²) in [6.45, 7) is 5.10. The minimum atomic E-state index is -0.485. The van der Waals surface area contributed by atoms with Gasteiger partial charge in [0.25, 0.3) is 0 Å². The maximum atomic E-state index is 12.8. The minimum absolute atomic E-state index is 0.166. The molecule has 0 fully saturated rings. The van der Waals surface area contributed by atoms with Crippen LogP contribution in [0.4, 0.5) is 0 Å². The molecule has 2 N–H and O–H groups in total. The van der Waals surface area contributed by atoms with Crippen molar-refractivity contribution in [3.8, 4) is 11.5 Å². The van der Waals surface area contributed by atoms with Gasteiger partial charge >= 0.3 is 5.97 Å². The zero-order chi connectivity index (χ0) is 22.9.